The van der Waals surface area contributed by atoms with Gasteiger partial charge in [0.25, 0.3) is 0 Å². The highest BCUT2D eigenvalue weighted by Gasteiger charge is 2.11. The number of esters is 1. The molecule has 0 radical (unpaired) electrons. The first-order valence-corrected chi connectivity index (χ1v) is 4.83. The number of alkyl halides is 1. The second-order valence-corrected chi connectivity index (χ2v) is 2.85. The van der Waals surface area contributed by atoms with Crippen LogP contribution in [-0.4, -0.2) is 24.9 Å². The number of ether oxygens (including phenoxy) is 1. The lowest BCUT2D eigenvalue weighted by molar-refractivity contribution is -0.137. The molecule has 0 saturated heterocycles. The average molecular weight is 220 g/mol. The lowest BCUT2D eigenvalue weighted by Gasteiger charge is -2.05. The van der Waals surface area contributed by atoms with Crippen molar-refractivity contribution >= 4 is 23.5 Å². The molecule has 0 aliphatic rings. The number of rotatable bonds is 5. The van der Waals surface area contributed by atoms with Crippen LogP contribution in [0.1, 0.15) is 19.8 Å². The molecule has 0 spiro atoms. The van der Waals surface area contributed by atoms with E-state index < -0.39 is 11.9 Å². The van der Waals surface area contributed by atoms with Gasteiger partial charge in [-0.05, 0) is 6.42 Å². The normalized spacial score (nSPS) is 10.9. The van der Waals surface area contributed by atoms with Gasteiger partial charge in [0.05, 0.1) is 7.11 Å². The largest absolute Gasteiger partial charge is 0.464 e. The van der Waals surface area contributed by atoms with E-state index >= 15 is 0 Å². The van der Waals surface area contributed by atoms with E-state index in [2.05, 4.69) is 10.1 Å². The Balaban J connectivity index is 4.39. The molecule has 0 aromatic rings. The highest BCUT2D eigenvalue weighted by atomic mass is 35.5. The minimum Gasteiger partial charge on any atom is -0.464 e. The topological polar surface area (TPSA) is 55.4 Å². The quantitative estimate of drug-likeness (QED) is 0.430. The van der Waals surface area contributed by atoms with Crippen LogP contribution in [0.25, 0.3) is 0 Å². The summed E-state index contributed by atoms with van der Waals surface area (Å²) < 4.78 is 4.49. The lowest BCUT2D eigenvalue weighted by atomic mass is 10.3. The van der Waals surface area contributed by atoms with Crippen molar-refractivity contribution in [2.24, 2.45) is 0 Å². The third-order valence-electron chi connectivity index (χ3n) is 1.44. The van der Waals surface area contributed by atoms with Gasteiger partial charge in [-0.3, -0.25) is 4.79 Å². The van der Waals surface area contributed by atoms with E-state index in [4.69, 9.17) is 11.6 Å². The molecular weight excluding hydrogens is 206 g/mol. The van der Waals surface area contributed by atoms with Gasteiger partial charge < -0.3 is 10.1 Å². The molecule has 14 heavy (non-hydrogen) atoms. The average Bonchev–Trinajstić information content (AvgIpc) is 2.22. The summed E-state index contributed by atoms with van der Waals surface area (Å²) in [6.45, 7) is 1.97. The zero-order valence-electron chi connectivity index (χ0n) is 8.30. The maximum absolute atomic E-state index is 11.1. The Morgan fingerprint density at radius 1 is 1.50 bits per heavy atom. The molecule has 0 aromatic heterocycles. The summed E-state index contributed by atoms with van der Waals surface area (Å²) in [6, 6.07) is 0. The van der Waals surface area contributed by atoms with Gasteiger partial charge in [-0.25, -0.2) is 4.79 Å². The highest BCUT2D eigenvalue weighted by Crippen LogP contribution is 1.98. The summed E-state index contributed by atoms with van der Waals surface area (Å²) in [4.78, 5) is 22.0. The van der Waals surface area contributed by atoms with Crippen molar-refractivity contribution in [3.8, 4) is 0 Å². The predicted molar refractivity (Wildman–Crippen MR) is 53.9 cm³/mol. The van der Waals surface area contributed by atoms with Crippen LogP contribution in [0.3, 0.4) is 0 Å². The zero-order chi connectivity index (χ0) is 11.0. The number of hydrogen-bond acceptors (Lipinski definition) is 3. The molecule has 0 aromatic carbocycles. The highest BCUT2D eigenvalue weighted by molar-refractivity contribution is 6.27. The van der Waals surface area contributed by atoms with Crippen LogP contribution in [0.4, 0.5) is 0 Å². The Morgan fingerprint density at radius 2 is 2.14 bits per heavy atom. The maximum atomic E-state index is 11.1. The van der Waals surface area contributed by atoms with E-state index in [0.717, 1.165) is 6.42 Å². The van der Waals surface area contributed by atoms with Crippen molar-refractivity contribution < 1.29 is 14.3 Å². The Morgan fingerprint density at radius 3 is 2.57 bits per heavy atom. The van der Waals surface area contributed by atoms with Crippen LogP contribution in [-0.2, 0) is 14.3 Å². The first kappa shape index (κ1) is 13.0. The molecule has 0 bridgehead atoms. The van der Waals surface area contributed by atoms with E-state index in [1.54, 1.807) is 6.08 Å². The molecule has 0 unspecified atom stereocenters. The van der Waals surface area contributed by atoms with Gasteiger partial charge in [0.2, 0.25) is 5.91 Å². The Bertz CT molecular complexity index is 238. The van der Waals surface area contributed by atoms with E-state index in [-0.39, 0.29) is 11.6 Å². The zero-order valence-corrected chi connectivity index (χ0v) is 9.06. The third-order valence-corrected chi connectivity index (χ3v) is 1.68. The summed E-state index contributed by atoms with van der Waals surface area (Å²) >= 11 is 5.29. The van der Waals surface area contributed by atoms with Gasteiger partial charge in [-0.15, -0.1) is 11.6 Å². The van der Waals surface area contributed by atoms with E-state index in [0.29, 0.717) is 6.42 Å². The number of nitrogens with one attached hydrogen (secondary N) is 1. The summed E-state index contributed by atoms with van der Waals surface area (Å²) in [5.74, 6) is -1.16. The first-order valence-electron chi connectivity index (χ1n) is 4.30. The summed E-state index contributed by atoms with van der Waals surface area (Å²) in [6.07, 6.45) is 3.21. The van der Waals surface area contributed by atoms with Crippen LogP contribution >= 0.6 is 11.6 Å². The molecule has 0 heterocycles. The molecule has 4 nitrogen and oxygen atoms in total. The van der Waals surface area contributed by atoms with Crippen molar-refractivity contribution in [1.29, 1.82) is 0 Å². The Labute approximate surface area is 88.3 Å². The van der Waals surface area contributed by atoms with Gasteiger partial charge in [0, 0.05) is 0 Å². The van der Waals surface area contributed by atoms with Crippen LogP contribution in [0.2, 0.25) is 0 Å². The molecule has 0 aliphatic carbocycles. The molecule has 0 atom stereocenters. The van der Waals surface area contributed by atoms with Crippen LogP contribution in [0.15, 0.2) is 11.8 Å². The van der Waals surface area contributed by atoms with Crippen molar-refractivity contribution in [3.63, 3.8) is 0 Å². The molecule has 80 valence electrons. The van der Waals surface area contributed by atoms with Gasteiger partial charge in [-0.1, -0.05) is 19.4 Å². The van der Waals surface area contributed by atoms with Crippen LogP contribution in [0.5, 0.6) is 0 Å². The molecule has 5 heteroatoms. The standard InChI is InChI=1S/C9H14ClNO3/c1-3-4-5-7(9(13)14-2)11-8(12)6-10/h5H,3-4,6H2,1-2H3,(H,11,12). The monoisotopic (exact) mass is 219 g/mol. The maximum Gasteiger partial charge on any atom is 0.354 e. The molecule has 1 amide bonds. The van der Waals surface area contributed by atoms with Crippen LogP contribution in [0, 0.1) is 0 Å². The van der Waals surface area contributed by atoms with Gasteiger partial charge in [0.15, 0.2) is 0 Å². The van der Waals surface area contributed by atoms with Crippen LogP contribution < -0.4 is 5.32 Å². The molecule has 0 rings (SSSR count). The van der Waals surface area contributed by atoms with Crippen molar-refractivity contribution in [1.82, 2.24) is 5.32 Å². The number of halogens is 1. The fraction of sp³-hybridized carbons (Fsp3) is 0.556. The number of allylic oxidation sites excluding steroid dienone is 1. The van der Waals surface area contributed by atoms with Crippen molar-refractivity contribution in [2.75, 3.05) is 13.0 Å². The summed E-state index contributed by atoms with van der Waals surface area (Å²) in [5, 5.41) is 2.37. The second kappa shape index (κ2) is 7.38. The minimum absolute atomic E-state index is 0.153. The molecule has 0 aliphatic heterocycles. The fourth-order valence-corrected chi connectivity index (χ4v) is 0.834. The minimum atomic E-state index is -0.558. The smallest absolute Gasteiger partial charge is 0.354 e. The Kier molecular flexibility index (Phi) is 6.84. The molecule has 0 fully saturated rings. The van der Waals surface area contributed by atoms with Gasteiger partial charge in [-0.2, -0.15) is 0 Å². The SMILES string of the molecule is CCCC=C(NC(=O)CCl)C(=O)OC. The Hall–Kier alpha value is -1.03. The molecule has 1 N–H and O–H groups in total. The number of carbonyl (C=O) groups is 2. The van der Waals surface area contributed by atoms with E-state index in [1.165, 1.54) is 7.11 Å². The fourth-order valence-electron chi connectivity index (χ4n) is 0.768. The number of amides is 1. The third kappa shape index (κ3) is 4.87. The second-order valence-electron chi connectivity index (χ2n) is 2.58. The predicted octanol–water partition coefficient (Wildman–Crippen LogP) is 1.20. The molecular formula is C9H14ClNO3. The molecule has 0 saturated carbocycles. The number of unbranched alkanes of at least 4 members (excludes halogenated alkanes) is 1. The lowest BCUT2D eigenvalue weighted by Crippen LogP contribution is -2.28. The summed E-state index contributed by atoms with van der Waals surface area (Å²) in [5.41, 5.74) is 0.153. The van der Waals surface area contributed by atoms with E-state index in [9.17, 15) is 9.59 Å². The number of methoxy groups -OCH3 is 1. The van der Waals surface area contributed by atoms with Crippen molar-refractivity contribution in [2.45, 2.75) is 19.8 Å². The van der Waals surface area contributed by atoms with Gasteiger partial charge >= 0.3 is 5.97 Å². The number of hydrogen-bond donors (Lipinski definition) is 1. The first-order chi connectivity index (χ1) is 6.65. The number of carbonyl (C=O) groups excluding carboxylic acids is 2. The summed E-state index contributed by atoms with van der Waals surface area (Å²) in [7, 11) is 1.26. The van der Waals surface area contributed by atoms with E-state index in [1.807, 2.05) is 6.92 Å². The van der Waals surface area contributed by atoms with Crippen molar-refractivity contribution in [3.05, 3.63) is 11.8 Å². The van der Waals surface area contributed by atoms with Gasteiger partial charge in [0.1, 0.15) is 11.6 Å².